The Morgan fingerprint density at radius 1 is 1.04 bits per heavy atom. The number of urea groups is 1. The lowest BCUT2D eigenvalue weighted by Gasteiger charge is -2.14. The monoisotopic (exact) mass is 632 g/mol. The summed E-state index contributed by atoms with van der Waals surface area (Å²) in [5.41, 5.74) is -0.177. The molecule has 230 valence electrons. The smallest absolute Gasteiger partial charge is 0.338 e. The van der Waals surface area contributed by atoms with Gasteiger partial charge in [0.2, 0.25) is 5.88 Å². The largest absolute Gasteiger partial charge is 0.480 e. The van der Waals surface area contributed by atoms with E-state index in [1.165, 1.54) is 25.3 Å². The maximum Gasteiger partial charge on any atom is 0.338 e. The van der Waals surface area contributed by atoms with Crippen LogP contribution in [0, 0.1) is 23.0 Å². The van der Waals surface area contributed by atoms with E-state index in [-0.39, 0.29) is 40.6 Å². The molecule has 3 aromatic heterocycles. The summed E-state index contributed by atoms with van der Waals surface area (Å²) in [6.45, 7) is -0.376. The molecule has 0 spiro atoms. The zero-order valence-corrected chi connectivity index (χ0v) is 25.1. The number of anilines is 1. The average Bonchev–Trinajstić information content (AvgIpc) is 3.38. The van der Waals surface area contributed by atoms with E-state index in [0.717, 1.165) is 32.6 Å². The predicted molar refractivity (Wildman–Crippen MR) is 165 cm³/mol. The van der Waals surface area contributed by atoms with Gasteiger partial charge in [-0.3, -0.25) is 9.36 Å². The van der Waals surface area contributed by atoms with Crippen LogP contribution in [0.5, 0.6) is 5.88 Å². The SMILES string of the molecule is COc1ccc(-n2c(=O)c3c(CN(C)C)c(-c4ccc(NC(=O)NCC#N)cc4)sc3n(Cc3c(F)cccc3F)c2=O)nn1. The minimum absolute atomic E-state index is 0.0934. The highest BCUT2D eigenvalue weighted by molar-refractivity contribution is 7.22. The van der Waals surface area contributed by atoms with Crippen molar-refractivity contribution in [1.82, 2.24) is 29.5 Å². The number of halogens is 2. The molecule has 0 radical (unpaired) electrons. The summed E-state index contributed by atoms with van der Waals surface area (Å²) in [6, 6.07) is 14.3. The van der Waals surface area contributed by atoms with Gasteiger partial charge in [0, 0.05) is 28.7 Å². The molecule has 0 saturated carbocycles. The molecule has 2 N–H and O–H groups in total. The van der Waals surface area contributed by atoms with Gasteiger partial charge in [0.05, 0.1) is 25.1 Å². The molecule has 5 rings (SSSR count). The van der Waals surface area contributed by atoms with Gasteiger partial charge < -0.3 is 20.3 Å². The number of nitrogens with one attached hydrogen (secondary N) is 2. The summed E-state index contributed by atoms with van der Waals surface area (Å²) in [7, 11) is 5.03. The Kier molecular flexibility index (Phi) is 8.98. The average molecular weight is 633 g/mol. The molecule has 0 aliphatic rings. The number of nitriles is 1. The number of ether oxygens (including phenoxy) is 1. The van der Waals surface area contributed by atoms with Gasteiger partial charge >= 0.3 is 11.7 Å². The second kappa shape index (κ2) is 13.0. The second-order valence-electron chi connectivity index (χ2n) is 10.0. The molecule has 15 heteroatoms. The van der Waals surface area contributed by atoms with Crippen LogP contribution >= 0.6 is 11.3 Å². The first-order valence-corrected chi connectivity index (χ1v) is 14.2. The molecule has 0 atom stereocenters. The third-order valence-electron chi connectivity index (χ3n) is 6.72. The number of rotatable bonds is 9. The maximum absolute atomic E-state index is 14.9. The fraction of sp³-hybridized carbons (Fsp3) is 0.200. The number of nitrogens with zero attached hydrogens (tertiary/aromatic N) is 6. The number of fused-ring (bicyclic) bond motifs is 1. The predicted octanol–water partition coefficient (Wildman–Crippen LogP) is 3.71. The number of hydrogen-bond donors (Lipinski definition) is 2. The lowest BCUT2D eigenvalue weighted by Crippen LogP contribution is -2.39. The van der Waals surface area contributed by atoms with Crippen molar-refractivity contribution < 1.29 is 18.3 Å². The number of aromatic nitrogens is 4. The molecule has 0 bridgehead atoms. The van der Waals surface area contributed by atoms with Crippen LogP contribution in [0.3, 0.4) is 0 Å². The Balaban J connectivity index is 1.76. The van der Waals surface area contributed by atoms with Gasteiger partial charge in [0.1, 0.15) is 23.0 Å². The Morgan fingerprint density at radius 2 is 1.76 bits per heavy atom. The van der Waals surface area contributed by atoms with Crippen molar-refractivity contribution >= 4 is 33.3 Å². The van der Waals surface area contributed by atoms with Crippen LogP contribution in [-0.4, -0.2) is 58.0 Å². The van der Waals surface area contributed by atoms with Gasteiger partial charge in [0.25, 0.3) is 5.56 Å². The molecule has 0 fully saturated rings. The van der Waals surface area contributed by atoms with Crippen molar-refractivity contribution in [3.8, 4) is 28.2 Å². The summed E-state index contributed by atoms with van der Waals surface area (Å²) in [5, 5.41) is 21.8. The van der Waals surface area contributed by atoms with E-state index in [1.54, 1.807) is 24.3 Å². The van der Waals surface area contributed by atoms with Crippen molar-refractivity contribution in [1.29, 1.82) is 5.26 Å². The van der Waals surface area contributed by atoms with Crippen LogP contribution in [0.15, 0.2) is 64.2 Å². The summed E-state index contributed by atoms with van der Waals surface area (Å²) < 4.78 is 36.8. The normalized spacial score (nSPS) is 11.0. The molecule has 12 nitrogen and oxygen atoms in total. The third kappa shape index (κ3) is 6.28. The minimum Gasteiger partial charge on any atom is -0.480 e. The van der Waals surface area contributed by atoms with Gasteiger partial charge in [0.15, 0.2) is 5.82 Å². The summed E-state index contributed by atoms with van der Waals surface area (Å²) in [6.07, 6.45) is 0. The van der Waals surface area contributed by atoms with Crippen molar-refractivity contribution in [2.75, 3.05) is 33.1 Å². The van der Waals surface area contributed by atoms with Crippen LogP contribution < -0.4 is 26.6 Å². The second-order valence-corrected chi connectivity index (χ2v) is 11.0. The highest BCUT2D eigenvalue weighted by atomic mass is 32.1. The number of benzene rings is 2. The molecule has 0 aliphatic heterocycles. The number of hydrogen-bond acceptors (Lipinski definition) is 9. The number of thiophene rings is 1. The van der Waals surface area contributed by atoms with Crippen molar-refractivity contribution in [2.24, 2.45) is 0 Å². The molecule has 5 aromatic rings. The van der Waals surface area contributed by atoms with E-state index in [9.17, 15) is 23.2 Å². The summed E-state index contributed by atoms with van der Waals surface area (Å²) >= 11 is 1.13. The highest BCUT2D eigenvalue weighted by Gasteiger charge is 2.26. The Morgan fingerprint density at radius 3 is 2.36 bits per heavy atom. The third-order valence-corrected chi connectivity index (χ3v) is 8.03. The molecule has 2 amide bonds. The maximum atomic E-state index is 14.9. The number of carbonyl (C=O) groups is 1. The van der Waals surface area contributed by atoms with Crippen molar-refractivity contribution in [3.63, 3.8) is 0 Å². The summed E-state index contributed by atoms with van der Waals surface area (Å²) in [4.78, 5) is 42.9. The molecule has 0 aliphatic carbocycles. The van der Waals surface area contributed by atoms with Gasteiger partial charge in [-0.25, -0.2) is 22.9 Å². The van der Waals surface area contributed by atoms with Crippen molar-refractivity contribution in [2.45, 2.75) is 13.1 Å². The molecular weight excluding hydrogens is 606 g/mol. The number of methoxy groups -OCH3 is 1. The molecule has 0 saturated heterocycles. The van der Waals surface area contributed by atoms with Crippen LogP contribution in [-0.2, 0) is 13.1 Å². The standard InChI is InChI=1S/C30H26F2N8O4S/c1-38(2)15-20-25-27(41)40(23-11-12-24(44-3)37-36-23)30(43)39(16-19-21(31)5-4-6-22(19)32)28(25)45-26(20)17-7-9-18(10-8-17)35-29(42)34-14-13-33/h4-12H,14-16H2,1-3H3,(H2,34,35,42). The molecular formula is C30H26F2N8O4S. The van der Waals surface area contributed by atoms with Crippen LogP contribution in [0.4, 0.5) is 19.3 Å². The minimum atomic E-state index is -0.859. The van der Waals surface area contributed by atoms with E-state index >= 15 is 0 Å². The van der Waals surface area contributed by atoms with Gasteiger partial charge in [-0.15, -0.1) is 21.5 Å². The lowest BCUT2D eigenvalue weighted by atomic mass is 10.1. The first kappa shape index (κ1) is 31.0. The van der Waals surface area contributed by atoms with E-state index in [2.05, 4.69) is 20.8 Å². The fourth-order valence-electron chi connectivity index (χ4n) is 4.69. The lowest BCUT2D eigenvalue weighted by molar-refractivity contribution is 0.253. The molecule has 45 heavy (non-hydrogen) atoms. The van der Waals surface area contributed by atoms with Crippen LogP contribution in [0.25, 0.3) is 26.5 Å². The first-order valence-electron chi connectivity index (χ1n) is 13.4. The Hall–Kier alpha value is -5.46. The highest BCUT2D eigenvalue weighted by Crippen LogP contribution is 2.38. The van der Waals surface area contributed by atoms with E-state index in [4.69, 9.17) is 10.00 Å². The summed E-state index contributed by atoms with van der Waals surface area (Å²) in [5.74, 6) is -1.62. The fourth-order valence-corrected chi connectivity index (χ4v) is 6.00. The zero-order valence-electron chi connectivity index (χ0n) is 24.3. The molecule has 2 aromatic carbocycles. The Labute approximate surface area is 258 Å². The molecule has 0 unspecified atom stereocenters. The number of amides is 2. The van der Waals surface area contributed by atoms with Gasteiger partial charge in [-0.05, 0) is 55.6 Å². The number of carbonyl (C=O) groups excluding carboxylic acids is 1. The topological polar surface area (TPSA) is 147 Å². The molecule has 3 heterocycles. The first-order chi connectivity index (χ1) is 21.6. The zero-order chi connectivity index (χ0) is 32.2. The van der Waals surface area contributed by atoms with Crippen LogP contribution in [0.1, 0.15) is 11.1 Å². The quantitative estimate of drug-likeness (QED) is 0.234. The van der Waals surface area contributed by atoms with E-state index in [0.29, 0.717) is 21.7 Å². The van der Waals surface area contributed by atoms with Crippen LogP contribution in [0.2, 0.25) is 0 Å². The van der Waals surface area contributed by atoms with E-state index < -0.39 is 35.5 Å². The van der Waals surface area contributed by atoms with Gasteiger partial charge in [-0.1, -0.05) is 18.2 Å². The van der Waals surface area contributed by atoms with E-state index in [1.807, 2.05) is 25.1 Å². The van der Waals surface area contributed by atoms with Crippen molar-refractivity contribution in [3.05, 3.63) is 98.2 Å². The Bertz CT molecular complexity index is 2030. The van der Waals surface area contributed by atoms with Gasteiger partial charge in [-0.2, -0.15) is 5.26 Å².